The van der Waals surface area contributed by atoms with Crippen molar-refractivity contribution in [1.29, 1.82) is 0 Å². The van der Waals surface area contributed by atoms with Gasteiger partial charge in [0.15, 0.2) is 0 Å². The number of hydrogen-bond acceptors (Lipinski definition) is 3. The van der Waals surface area contributed by atoms with Crippen molar-refractivity contribution in [3.63, 3.8) is 0 Å². The Labute approximate surface area is 94.6 Å². The summed E-state index contributed by atoms with van der Waals surface area (Å²) in [5.74, 6) is 0. The molecule has 2 aromatic rings. The minimum Gasteiger partial charge on any atom is -0.399 e. The molecule has 0 aliphatic rings. The number of ether oxygens (including phenoxy) is 1. The Morgan fingerprint density at radius 1 is 1.38 bits per heavy atom. The Kier molecular flexibility index (Phi) is 3.22. The Morgan fingerprint density at radius 2 is 2.25 bits per heavy atom. The van der Waals surface area contributed by atoms with Crippen molar-refractivity contribution in [3.05, 3.63) is 36.7 Å². The lowest BCUT2D eigenvalue weighted by Gasteiger charge is -1.99. The molecule has 2 N–H and O–H groups in total. The maximum Gasteiger partial charge on any atom is 0.0658 e. The first-order valence-electron chi connectivity index (χ1n) is 5.17. The summed E-state index contributed by atoms with van der Waals surface area (Å²) in [5.41, 5.74) is 8.66. The molecule has 0 spiro atoms. The average Bonchev–Trinajstić information content (AvgIpc) is 2.75. The van der Waals surface area contributed by atoms with Crippen LogP contribution in [-0.4, -0.2) is 23.5 Å². The fourth-order valence-electron chi connectivity index (χ4n) is 1.54. The summed E-state index contributed by atoms with van der Waals surface area (Å²) in [7, 11) is 1.68. The predicted molar refractivity (Wildman–Crippen MR) is 64.0 cm³/mol. The second kappa shape index (κ2) is 4.81. The number of benzene rings is 1. The molecule has 1 aromatic heterocycles. The van der Waals surface area contributed by atoms with Crippen LogP contribution in [0.3, 0.4) is 0 Å². The third kappa shape index (κ3) is 2.41. The van der Waals surface area contributed by atoms with Crippen LogP contribution in [0.15, 0.2) is 36.7 Å². The Hall–Kier alpha value is -1.81. The maximum atomic E-state index is 5.74. The summed E-state index contributed by atoms with van der Waals surface area (Å²) < 4.78 is 6.86. The van der Waals surface area contributed by atoms with Crippen LogP contribution in [0.25, 0.3) is 11.1 Å². The van der Waals surface area contributed by atoms with E-state index in [1.54, 1.807) is 7.11 Å². The van der Waals surface area contributed by atoms with Crippen LogP contribution in [0.5, 0.6) is 0 Å². The van der Waals surface area contributed by atoms with Gasteiger partial charge in [0.25, 0.3) is 0 Å². The first kappa shape index (κ1) is 10.7. The lowest BCUT2D eigenvalue weighted by Crippen LogP contribution is -2.03. The van der Waals surface area contributed by atoms with Crippen molar-refractivity contribution in [2.45, 2.75) is 6.54 Å². The number of methoxy groups -OCH3 is 1. The highest BCUT2D eigenvalue weighted by Crippen LogP contribution is 2.20. The van der Waals surface area contributed by atoms with E-state index in [9.17, 15) is 0 Å². The van der Waals surface area contributed by atoms with Gasteiger partial charge in [0.1, 0.15) is 0 Å². The van der Waals surface area contributed by atoms with Crippen molar-refractivity contribution in [3.8, 4) is 11.1 Å². The molecule has 0 aliphatic heterocycles. The van der Waals surface area contributed by atoms with Gasteiger partial charge in [-0.3, -0.25) is 4.68 Å². The van der Waals surface area contributed by atoms with E-state index >= 15 is 0 Å². The van der Waals surface area contributed by atoms with Crippen LogP contribution in [0.4, 0.5) is 5.69 Å². The lowest BCUT2D eigenvalue weighted by atomic mass is 10.1. The van der Waals surface area contributed by atoms with Gasteiger partial charge in [-0.2, -0.15) is 5.10 Å². The SMILES string of the molecule is COCCn1cc(-c2cccc(N)c2)cn1. The molecule has 2 rings (SSSR count). The quantitative estimate of drug-likeness (QED) is 0.794. The van der Waals surface area contributed by atoms with Crippen molar-refractivity contribution in [1.82, 2.24) is 9.78 Å². The first-order valence-corrected chi connectivity index (χ1v) is 5.17. The molecule has 0 fully saturated rings. The first-order chi connectivity index (χ1) is 7.79. The number of aromatic nitrogens is 2. The summed E-state index contributed by atoms with van der Waals surface area (Å²) in [5, 5.41) is 4.26. The molecule has 4 nitrogen and oxygen atoms in total. The van der Waals surface area contributed by atoms with Crippen LogP contribution in [0.2, 0.25) is 0 Å². The highest BCUT2D eigenvalue weighted by atomic mass is 16.5. The predicted octanol–water partition coefficient (Wildman–Crippen LogP) is 1.78. The van der Waals surface area contributed by atoms with Crippen molar-refractivity contribution in [2.24, 2.45) is 0 Å². The zero-order valence-corrected chi connectivity index (χ0v) is 9.26. The summed E-state index contributed by atoms with van der Waals surface area (Å²) in [6.45, 7) is 1.43. The number of nitrogens with two attached hydrogens (primary N) is 1. The van der Waals surface area contributed by atoms with Gasteiger partial charge in [-0.05, 0) is 17.7 Å². The number of nitrogens with zero attached hydrogens (tertiary/aromatic N) is 2. The van der Waals surface area contributed by atoms with Crippen molar-refractivity contribution >= 4 is 5.69 Å². The molecule has 0 unspecified atom stereocenters. The number of anilines is 1. The van der Waals surface area contributed by atoms with E-state index in [1.165, 1.54) is 0 Å². The van der Waals surface area contributed by atoms with Gasteiger partial charge < -0.3 is 10.5 Å². The molecule has 0 atom stereocenters. The van der Waals surface area contributed by atoms with Gasteiger partial charge in [-0.25, -0.2) is 0 Å². The minimum absolute atomic E-state index is 0.665. The standard InChI is InChI=1S/C12H15N3O/c1-16-6-5-15-9-11(8-14-15)10-3-2-4-12(13)7-10/h2-4,7-9H,5-6,13H2,1H3. The zero-order chi connectivity index (χ0) is 11.4. The van der Waals surface area contributed by atoms with Gasteiger partial charge in [0.2, 0.25) is 0 Å². The smallest absolute Gasteiger partial charge is 0.0658 e. The zero-order valence-electron chi connectivity index (χ0n) is 9.26. The molecule has 0 aliphatic carbocycles. The second-order valence-corrected chi connectivity index (χ2v) is 3.61. The van der Waals surface area contributed by atoms with Gasteiger partial charge in [-0.15, -0.1) is 0 Å². The molecule has 0 radical (unpaired) electrons. The molecule has 16 heavy (non-hydrogen) atoms. The average molecular weight is 217 g/mol. The molecule has 0 saturated carbocycles. The third-order valence-electron chi connectivity index (χ3n) is 2.38. The molecular weight excluding hydrogens is 202 g/mol. The highest BCUT2D eigenvalue weighted by molar-refractivity contribution is 5.65. The summed E-state index contributed by atoms with van der Waals surface area (Å²) in [6, 6.07) is 7.78. The molecule has 84 valence electrons. The lowest BCUT2D eigenvalue weighted by molar-refractivity contribution is 0.183. The Morgan fingerprint density at radius 3 is 3.00 bits per heavy atom. The molecule has 4 heteroatoms. The molecule has 0 amide bonds. The third-order valence-corrected chi connectivity index (χ3v) is 2.38. The summed E-state index contributed by atoms with van der Waals surface area (Å²) in [6.07, 6.45) is 3.83. The number of nitrogen functional groups attached to an aromatic ring is 1. The molecule has 0 bridgehead atoms. The van der Waals surface area contributed by atoms with Crippen LogP contribution in [0.1, 0.15) is 0 Å². The van der Waals surface area contributed by atoms with Crippen LogP contribution in [-0.2, 0) is 11.3 Å². The van der Waals surface area contributed by atoms with E-state index in [1.807, 2.05) is 41.3 Å². The largest absolute Gasteiger partial charge is 0.399 e. The molecular formula is C12H15N3O. The van der Waals surface area contributed by atoms with Crippen LogP contribution < -0.4 is 5.73 Å². The van der Waals surface area contributed by atoms with Crippen molar-refractivity contribution in [2.75, 3.05) is 19.5 Å². The molecule has 1 aromatic carbocycles. The van der Waals surface area contributed by atoms with E-state index in [-0.39, 0.29) is 0 Å². The van der Waals surface area contributed by atoms with Crippen LogP contribution in [0, 0.1) is 0 Å². The Bertz CT molecular complexity index is 465. The van der Waals surface area contributed by atoms with E-state index < -0.39 is 0 Å². The van der Waals surface area contributed by atoms with Gasteiger partial charge in [-0.1, -0.05) is 12.1 Å². The van der Waals surface area contributed by atoms with E-state index in [0.29, 0.717) is 6.61 Å². The van der Waals surface area contributed by atoms with E-state index in [2.05, 4.69) is 5.10 Å². The summed E-state index contributed by atoms with van der Waals surface area (Å²) in [4.78, 5) is 0. The maximum absolute atomic E-state index is 5.74. The van der Waals surface area contributed by atoms with E-state index in [0.717, 1.165) is 23.4 Å². The number of hydrogen-bond donors (Lipinski definition) is 1. The van der Waals surface area contributed by atoms with Gasteiger partial charge in [0.05, 0.1) is 19.3 Å². The van der Waals surface area contributed by atoms with Crippen LogP contribution >= 0.6 is 0 Å². The normalized spacial score (nSPS) is 10.6. The van der Waals surface area contributed by atoms with Gasteiger partial charge in [0, 0.05) is 24.6 Å². The molecule has 1 heterocycles. The van der Waals surface area contributed by atoms with Gasteiger partial charge >= 0.3 is 0 Å². The van der Waals surface area contributed by atoms with E-state index in [4.69, 9.17) is 10.5 Å². The second-order valence-electron chi connectivity index (χ2n) is 3.61. The van der Waals surface area contributed by atoms with Crippen molar-refractivity contribution < 1.29 is 4.74 Å². The highest BCUT2D eigenvalue weighted by Gasteiger charge is 2.01. The summed E-state index contributed by atoms with van der Waals surface area (Å²) >= 11 is 0. The Balaban J connectivity index is 2.18. The monoisotopic (exact) mass is 217 g/mol. The topological polar surface area (TPSA) is 53.1 Å². The fourth-order valence-corrected chi connectivity index (χ4v) is 1.54. The molecule has 0 saturated heterocycles. The number of rotatable bonds is 4. The minimum atomic E-state index is 0.665. The fraction of sp³-hybridized carbons (Fsp3) is 0.250.